The topological polar surface area (TPSA) is 52.4 Å². The number of hydrogen-bond acceptors (Lipinski definition) is 3. The van der Waals surface area contributed by atoms with Crippen molar-refractivity contribution in [2.24, 2.45) is 0 Å². The highest BCUT2D eigenvalue weighted by Gasteiger charge is 2.19. The second-order valence-electron chi connectivity index (χ2n) is 4.03. The number of benzene rings is 2. The number of halogens is 4. The van der Waals surface area contributed by atoms with Crippen molar-refractivity contribution in [3.63, 3.8) is 0 Å². The van der Waals surface area contributed by atoms with Crippen molar-refractivity contribution >= 4 is 21.6 Å². The first-order valence-electron chi connectivity index (χ1n) is 5.58. The van der Waals surface area contributed by atoms with Gasteiger partial charge < -0.3 is 4.74 Å². The van der Waals surface area contributed by atoms with Gasteiger partial charge in [0.25, 0.3) is 0 Å². The van der Waals surface area contributed by atoms with Crippen LogP contribution in [0.25, 0.3) is 0 Å². The molecule has 0 fully saturated rings. The summed E-state index contributed by atoms with van der Waals surface area (Å²) in [7, 11) is 0. The maximum Gasteiger partial charge on any atom is 0.307 e. The molecule has 0 N–H and O–H groups in total. The number of rotatable bonds is 4. The minimum atomic E-state index is -1.20. The van der Waals surface area contributed by atoms with Gasteiger partial charge >= 0.3 is 5.69 Å². The molecule has 8 heteroatoms. The maximum atomic E-state index is 13.6. The molecule has 4 nitrogen and oxygen atoms in total. The molecule has 0 unspecified atom stereocenters. The lowest BCUT2D eigenvalue weighted by molar-refractivity contribution is -0.387. The molecule has 0 aromatic heterocycles. The van der Waals surface area contributed by atoms with Gasteiger partial charge in [0.15, 0.2) is 11.6 Å². The molecule has 0 spiro atoms. The summed E-state index contributed by atoms with van der Waals surface area (Å²) in [6.45, 7) is -0.146. The van der Waals surface area contributed by atoms with Crippen LogP contribution >= 0.6 is 15.9 Å². The van der Waals surface area contributed by atoms with Crippen molar-refractivity contribution in [2.75, 3.05) is 0 Å². The Kier molecular flexibility index (Phi) is 4.46. The van der Waals surface area contributed by atoms with E-state index in [1.54, 1.807) is 0 Å². The average molecular weight is 362 g/mol. The fourth-order valence-corrected chi connectivity index (χ4v) is 1.99. The summed E-state index contributed by atoms with van der Waals surface area (Å²) in [6.07, 6.45) is 0. The molecule has 21 heavy (non-hydrogen) atoms. The number of nitrogens with zero attached hydrogens (tertiary/aromatic N) is 1. The van der Waals surface area contributed by atoms with E-state index in [2.05, 4.69) is 15.9 Å². The quantitative estimate of drug-likeness (QED) is 0.600. The van der Waals surface area contributed by atoms with Crippen LogP contribution in [0, 0.1) is 27.6 Å². The molecule has 0 aliphatic carbocycles. The van der Waals surface area contributed by atoms with E-state index in [4.69, 9.17) is 4.74 Å². The predicted molar refractivity (Wildman–Crippen MR) is 71.4 cm³/mol. The summed E-state index contributed by atoms with van der Waals surface area (Å²) in [4.78, 5) is 9.42. The van der Waals surface area contributed by atoms with E-state index in [0.29, 0.717) is 17.7 Å². The predicted octanol–water partition coefficient (Wildman–Crippen LogP) is 4.35. The second-order valence-corrected chi connectivity index (χ2v) is 4.88. The third-order valence-electron chi connectivity index (χ3n) is 2.58. The van der Waals surface area contributed by atoms with Crippen LogP contribution in [-0.2, 0) is 6.61 Å². The van der Waals surface area contributed by atoms with E-state index < -0.39 is 33.8 Å². The van der Waals surface area contributed by atoms with Crippen molar-refractivity contribution in [1.29, 1.82) is 0 Å². The Morgan fingerprint density at radius 3 is 2.43 bits per heavy atom. The van der Waals surface area contributed by atoms with Crippen LogP contribution < -0.4 is 4.74 Å². The number of hydrogen-bond donors (Lipinski definition) is 0. The Morgan fingerprint density at radius 2 is 1.81 bits per heavy atom. The van der Waals surface area contributed by atoms with Gasteiger partial charge in [0.1, 0.15) is 12.4 Å². The van der Waals surface area contributed by atoms with Crippen LogP contribution in [-0.4, -0.2) is 4.92 Å². The zero-order valence-corrected chi connectivity index (χ0v) is 11.9. The van der Waals surface area contributed by atoms with Gasteiger partial charge in [0.2, 0.25) is 5.82 Å². The van der Waals surface area contributed by atoms with Gasteiger partial charge in [-0.1, -0.05) is 6.07 Å². The Labute approximate surface area is 125 Å². The lowest BCUT2D eigenvalue weighted by atomic mass is 10.2. The van der Waals surface area contributed by atoms with Gasteiger partial charge in [0, 0.05) is 6.07 Å². The van der Waals surface area contributed by atoms with Gasteiger partial charge in [-0.15, -0.1) is 0 Å². The third kappa shape index (κ3) is 3.52. The minimum absolute atomic E-state index is 0.146. The normalized spacial score (nSPS) is 10.5. The molecule has 2 rings (SSSR count). The van der Waals surface area contributed by atoms with Crippen LogP contribution in [0.3, 0.4) is 0 Å². The van der Waals surface area contributed by atoms with Gasteiger partial charge in [0.05, 0.1) is 15.5 Å². The summed E-state index contributed by atoms with van der Waals surface area (Å²) in [5.41, 5.74) is -0.453. The van der Waals surface area contributed by atoms with Crippen molar-refractivity contribution in [1.82, 2.24) is 0 Å². The van der Waals surface area contributed by atoms with E-state index in [-0.39, 0.29) is 11.1 Å². The molecule has 2 aromatic carbocycles. The lowest BCUT2D eigenvalue weighted by Gasteiger charge is -2.08. The number of ether oxygens (including phenoxy) is 1. The van der Waals surface area contributed by atoms with Gasteiger partial charge in [-0.3, -0.25) is 10.1 Å². The molecule has 0 heterocycles. The van der Waals surface area contributed by atoms with E-state index in [1.165, 1.54) is 18.2 Å². The SMILES string of the molecule is O=[N+]([O-])c1cc(F)c(OCc2ccc(F)c(Br)c2)cc1F. The highest BCUT2D eigenvalue weighted by molar-refractivity contribution is 9.10. The van der Waals surface area contributed by atoms with E-state index >= 15 is 0 Å². The van der Waals surface area contributed by atoms with Crippen molar-refractivity contribution in [3.8, 4) is 5.75 Å². The highest BCUT2D eigenvalue weighted by Crippen LogP contribution is 2.27. The van der Waals surface area contributed by atoms with E-state index in [1.807, 2.05) is 0 Å². The molecule has 110 valence electrons. The first kappa shape index (κ1) is 15.3. The Hall–Kier alpha value is -2.09. The van der Waals surface area contributed by atoms with E-state index in [0.717, 1.165) is 0 Å². The molecular formula is C13H7BrF3NO3. The largest absolute Gasteiger partial charge is 0.486 e. The highest BCUT2D eigenvalue weighted by atomic mass is 79.9. The van der Waals surface area contributed by atoms with Crippen LogP contribution in [0.1, 0.15) is 5.56 Å². The maximum absolute atomic E-state index is 13.6. The minimum Gasteiger partial charge on any atom is -0.486 e. The number of nitro groups is 1. The first-order valence-corrected chi connectivity index (χ1v) is 6.38. The number of nitro benzene ring substituents is 1. The Morgan fingerprint density at radius 1 is 1.10 bits per heavy atom. The van der Waals surface area contributed by atoms with Crippen molar-refractivity contribution in [3.05, 3.63) is 67.9 Å². The second kappa shape index (κ2) is 6.13. The third-order valence-corrected chi connectivity index (χ3v) is 3.18. The standard InChI is InChI=1S/C13H7BrF3NO3/c14-8-3-7(1-2-9(8)15)6-21-13-5-10(16)12(18(19)20)4-11(13)17/h1-5H,6H2. The molecule has 0 amide bonds. The molecule has 0 saturated carbocycles. The monoisotopic (exact) mass is 361 g/mol. The zero-order valence-electron chi connectivity index (χ0n) is 10.3. The molecule has 0 bridgehead atoms. The molecule has 0 atom stereocenters. The smallest absolute Gasteiger partial charge is 0.307 e. The first-order chi connectivity index (χ1) is 9.88. The summed E-state index contributed by atoms with van der Waals surface area (Å²) in [6, 6.07) is 5.08. The Balaban J connectivity index is 2.18. The molecule has 0 aliphatic heterocycles. The van der Waals surface area contributed by atoms with Crippen molar-refractivity contribution < 1.29 is 22.8 Å². The van der Waals surface area contributed by atoms with Crippen molar-refractivity contribution in [2.45, 2.75) is 6.61 Å². The van der Waals surface area contributed by atoms with Gasteiger partial charge in [-0.25, -0.2) is 8.78 Å². The molecular weight excluding hydrogens is 355 g/mol. The summed E-state index contributed by atoms with van der Waals surface area (Å²) >= 11 is 2.98. The van der Waals surface area contributed by atoms with E-state index in [9.17, 15) is 23.3 Å². The fraction of sp³-hybridized carbons (Fsp3) is 0.0769. The Bertz CT molecular complexity index is 709. The lowest BCUT2D eigenvalue weighted by Crippen LogP contribution is -2.01. The van der Waals surface area contributed by atoms with Crippen LogP contribution in [0.2, 0.25) is 0 Å². The van der Waals surface area contributed by atoms with Crippen LogP contribution in [0.15, 0.2) is 34.8 Å². The van der Waals surface area contributed by atoms with Gasteiger partial charge in [-0.2, -0.15) is 4.39 Å². The summed E-state index contributed by atoms with van der Waals surface area (Å²) in [5.74, 6) is -3.18. The van der Waals surface area contributed by atoms with Gasteiger partial charge in [-0.05, 0) is 33.6 Å². The molecule has 0 aliphatic rings. The zero-order chi connectivity index (χ0) is 15.6. The molecule has 0 radical (unpaired) electrons. The van der Waals surface area contributed by atoms with Crippen LogP contribution in [0.4, 0.5) is 18.9 Å². The summed E-state index contributed by atoms with van der Waals surface area (Å²) < 4.78 is 45.2. The fourth-order valence-electron chi connectivity index (χ4n) is 1.56. The molecule has 2 aromatic rings. The molecule has 0 saturated heterocycles. The average Bonchev–Trinajstić information content (AvgIpc) is 2.42. The van der Waals surface area contributed by atoms with Crippen LogP contribution in [0.5, 0.6) is 5.75 Å². The summed E-state index contributed by atoms with van der Waals surface area (Å²) in [5, 5.41) is 10.5.